The van der Waals surface area contributed by atoms with Crippen molar-refractivity contribution in [1.29, 1.82) is 5.26 Å². The highest BCUT2D eigenvalue weighted by Gasteiger charge is 2.02. The van der Waals surface area contributed by atoms with Gasteiger partial charge in [-0.05, 0) is 18.2 Å². The lowest BCUT2D eigenvalue weighted by Crippen LogP contribution is -2.13. The standard InChI is InChI=1S/C12H8BrN3OS/c13-9-2-1-3-10(4-9)18-7-11-15-6-8(5-14)12(17)16-11/h1-4,6H,7H2,(H,15,16,17). The maximum absolute atomic E-state index is 11.4. The van der Waals surface area contributed by atoms with E-state index in [-0.39, 0.29) is 5.56 Å². The van der Waals surface area contributed by atoms with Crippen LogP contribution < -0.4 is 5.56 Å². The first-order valence-electron chi connectivity index (χ1n) is 5.05. The molecule has 0 atom stereocenters. The molecule has 1 aromatic carbocycles. The molecule has 0 bridgehead atoms. The Kier molecular flexibility index (Phi) is 4.18. The molecular formula is C12H8BrN3OS. The first-order chi connectivity index (χ1) is 8.69. The predicted octanol–water partition coefficient (Wildman–Crippen LogP) is 2.70. The summed E-state index contributed by atoms with van der Waals surface area (Å²) in [5.41, 5.74) is -0.358. The fourth-order valence-corrected chi connectivity index (χ4v) is 2.68. The lowest BCUT2D eigenvalue weighted by atomic mass is 10.4. The molecule has 0 unspecified atom stereocenters. The normalized spacial score (nSPS) is 10.0. The van der Waals surface area contributed by atoms with Gasteiger partial charge in [0.1, 0.15) is 17.5 Å². The van der Waals surface area contributed by atoms with Gasteiger partial charge in [-0.25, -0.2) is 4.98 Å². The molecule has 1 aromatic heterocycles. The van der Waals surface area contributed by atoms with Crippen LogP contribution in [-0.4, -0.2) is 9.97 Å². The summed E-state index contributed by atoms with van der Waals surface area (Å²) < 4.78 is 1.01. The first-order valence-corrected chi connectivity index (χ1v) is 6.83. The maximum Gasteiger partial charge on any atom is 0.268 e. The summed E-state index contributed by atoms with van der Waals surface area (Å²) in [5.74, 6) is 1.11. The van der Waals surface area contributed by atoms with Crippen molar-refractivity contribution in [2.75, 3.05) is 0 Å². The molecule has 0 amide bonds. The van der Waals surface area contributed by atoms with Gasteiger partial charge in [-0.1, -0.05) is 22.0 Å². The van der Waals surface area contributed by atoms with Crippen LogP contribution in [0.5, 0.6) is 0 Å². The second-order valence-electron chi connectivity index (χ2n) is 3.43. The van der Waals surface area contributed by atoms with E-state index in [1.54, 1.807) is 17.8 Å². The number of aromatic nitrogens is 2. The minimum absolute atomic E-state index is 0.0335. The Hall–Kier alpha value is -1.58. The average molecular weight is 322 g/mol. The summed E-state index contributed by atoms with van der Waals surface area (Å²) in [5, 5.41) is 8.63. The highest BCUT2D eigenvalue weighted by Crippen LogP contribution is 2.23. The van der Waals surface area contributed by atoms with E-state index in [2.05, 4.69) is 25.9 Å². The highest BCUT2D eigenvalue weighted by atomic mass is 79.9. The number of aromatic amines is 1. The maximum atomic E-state index is 11.4. The fraction of sp³-hybridized carbons (Fsp3) is 0.0833. The minimum Gasteiger partial charge on any atom is -0.309 e. The molecule has 0 radical (unpaired) electrons. The summed E-state index contributed by atoms with van der Waals surface area (Å²) in [6, 6.07) is 9.66. The van der Waals surface area contributed by atoms with Gasteiger partial charge in [0, 0.05) is 9.37 Å². The number of H-pyrrole nitrogens is 1. The van der Waals surface area contributed by atoms with E-state index in [0.717, 1.165) is 9.37 Å². The van der Waals surface area contributed by atoms with Gasteiger partial charge in [-0.15, -0.1) is 11.8 Å². The van der Waals surface area contributed by atoms with Crippen molar-refractivity contribution in [3.05, 3.63) is 56.7 Å². The summed E-state index contributed by atoms with van der Waals surface area (Å²) in [6.07, 6.45) is 1.30. The molecule has 1 heterocycles. The quantitative estimate of drug-likeness (QED) is 0.882. The second kappa shape index (κ2) is 5.85. The predicted molar refractivity (Wildman–Crippen MR) is 73.3 cm³/mol. The topological polar surface area (TPSA) is 69.5 Å². The van der Waals surface area contributed by atoms with Crippen LogP contribution >= 0.6 is 27.7 Å². The molecule has 0 saturated heterocycles. The Bertz CT molecular complexity index is 663. The fourth-order valence-electron chi connectivity index (χ4n) is 1.29. The number of nitrogens with one attached hydrogen (secondary N) is 1. The van der Waals surface area contributed by atoms with Gasteiger partial charge in [-0.3, -0.25) is 4.79 Å². The third-order valence-electron chi connectivity index (χ3n) is 2.14. The van der Waals surface area contributed by atoms with Gasteiger partial charge in [-0.2, -0.15) is 5.26 Å². The van der Waals surface area contributed by atoms with Crippen LogP contribution in [0.25, 0.3) is 0 Å². The summed E-state index contributed by atoms with van der Waals surface area (Å²) in [7, 11) is 0. The van der Waals surface area contributed by atoms with Crippen LogP contribution in [0.4, 0.5) is 0 Å². The number of benzene rings is 1. The number of nitriles is 1. The van der Waals surface area contributed by atoms with Crippen LogP contribution in [0.2, 0.25) is 0 Å². The van der Waals surface area contributed by atoms with E-state index in [0.29, 0.717) is 11.6 Å². The Balaban J connectivity index is 2.09. The largest absolute Gasteiger partial charge is 0.309 e. The van der Waals surface area contributed by atoms with Crippen molar-refractivity contribution in [3.8, 4) is 6.07 Å². The highest BCUT2D eigenvalue weighted by molar-refractivity contribution is 9.10. The minimum atomic E-state index is -0.391. The Morgan fingerprint density at radius 1 is 1.50 bits per heavy atom. The van der Waals surface area contributed by atoms with Crippen molar-refractivity contribution in [1.82, 2.24) is 9.97 Å². The zero-order valence-electron chi connectivity index (χ0n) is 9.18. The molecule has 2 aromatic rings. The van der Waals surface area contributed by atoms with Crippen LogP contribution in [0.3, 0.4) is 0 Å². The molecule has 0 fully saturated rings. The summed E-state index contributed by atoms with van der Waals surface area (Å²) >= 11 is 4.96. The van der Waals surface area contributed by atoms with Crippen LogP contribution in [-0.2, 0) is 5.75 Å². The average Bonchev–Trinajstić information content (AvgIpc) is 2.37. The molecule has 6 heteroatoms. The molecule has 2 rings (SSSR count). The first kappa shape index (κ1) is 12.9. The van der Waals surface area contributed by atoms with Gasteiger partial charge in [0.05, 0.1) is 11.9 Å². The Morgan fingerprint density at radius 2 is 2.33 bits per heavy atom. The van der Waals surface area contributed by atoms with E-state index in [4.69, 9.17) is 5.26 Å². The van der Waals surface area contributed by atoms with Gasteiger partial charge in [0.2, 0.25) is 0 Å². The number of hydrogen-bond acceptors (Lipinski definition) is 4. The monoisotopic (exact) mass is 321 g/mol. The molecule has 4 nitrogen and oxygen atoms in total. The van der Waals surface area contributed by atoms with Gasteiger partial charge in [0.25, 0.3) is 5.56 Å². The number of nitrogens with zero attached hydrogens (tertiary/aromatic N) is 2. The van der Waals surface area contributed by atoms with E-state index in [1.807, 2.05) is 24.3 Å². The molecule has 18 heavy (non-hydrogen) atoms. The smallest absolute Gasteiger partial charge is 0.268 e. The van der Waals surface area contributed by atoms with Crippen LogP contribution in [0, 0.1) is 11.3 Å². The molecule has 0 aliphatic carbocycles. The number of rotatable bonds is 3. The van der Waals surface area contributed by atoms with Crippen molar-refractivity contribution >= 4 is 27.7 Å². The zero-order chi connectivity index (χ0) is 13.0. The zero-order valence-corrected chi connectivity index (χ0v) is 11.6. The van der Waals surface area contributed by atoms with Crippen LogP contribution in [0.1, 0.15) is 11.4 Å². The molecular weight excluding hydrogens is 314 g/mol. The van der Waals surface area contributed by atoms with Crippen molar-refractivity contribution < 1.29 is 0 Å². The Labute approximate surface area is 116 Å². The van der Waals surface area contributed by atoms with Crippen molar-refractivity contribution in [2.24, 2.45) is 0 Å². The lowest BCUT2D eigenvalue weighted by Gasteiger charge is -2.01. The molecule has 0 saturated carbocycles. The number of halogens is 1. The number of thioether (sulfide) groups is 1. The summed E-state index contributed by atoms with van der Waals surface area (Å²) in [4.78, 5) is 19.1. The summed E-state index contributed by atoms with van der Waals surface area (Å²) in [6.45, 7) is 0. The van der Waals surface area contributed by atoms with E-state index in [1.165, 1.54) is 6.20 Å². The van der Waals surface area contributed by atoms with Crippen LogP contribution in [0.15, 0.2) is 44.6 Å². The molecule has 90 valence electrons. The van der Waals surface area contributed by atoms with Gasteiger partial charge < -0.3 is 4.98 Å². The number of hydrogen-bond donors (Lipinski definition) is 1. The molecule has 0 aliphatic heterocycles. The van der Waals surface area contributed by atoms with Gasteiger partial charge in [0.15, 0.2) is 0 Å². The SMILES string of the molecule is N#Cc1cnc(CSc2cccc(Br)c2)[nH]c1=O. The molecule has 0 aliphatic rings. The molecule has 1 N–H and O–H groups in total. The van der Waals surface area contributed by atoms with E-state index < -0.39 is 5.56 Å². The lowest BCUT2D eigenvalue weighted by molar-refractivity contribution is 0.992. The van der Waals surface area contributed by atoms with Crippen molar-refractivity contribution in [2.45, 2.75) is 10.6 Å². The molecule has 0 spiro atoms. The Morgan fingerprint density at radius 3 is 3.00 bits per heavy atom. The van der Waals surface area contributed by atoms with Gasteiger partial charge >= 0.3 is 0 Å². The van der Waals surface area contributed by atoms with E-state index >= 15 is 0 Å². The third-order valence-corrected chi connectivity index (χ3v) is 3.64. The third kappa shape index (κ3) is 3.22. The second-order valence-corrected chi connectivity index (χ2v) is 5.39. The van der Waals surface area contributed by atoms with Crippen molar-refractivity contribution in [3.63, 3.8) is 0 Å². The van der Waals surface area contributed by atoms with E-state index in [9.17, 15) is 4.79 Å².